The molecule has 0 spiro atoms. The molecule has 2 rings (SSSR count). The largest absolute Gasteiger partial charge is 0.506 e. The van der Waals surface area contributed by atoms with Gasteiger partial charge in [-0.05, 0) is 36.2 Å². The number of rotatable bonds is 3. The lowest BCUT2D eigenvalue weighted by molar-refractivity contribution is 0.477. The van der Waals surface area contributed by atoms with E-state index in [1.165, 1.54) is 0 Å². The molecule has 2 aromatic carbocycles. The summed E-state index contributed by atoms with van der Waals surface area (Å²) >= 11 is 3.50. The maximum Gasteiger partial charge on any atom is 0.138 e. The highest BCUT2D eigenvalue weighted by Crippen LogP contribution is 2.25. The molecule has 0 atom stereocenters. The summed E-state index contributed by atoms with van der Waals surface area (Å²) in [6.45, 7) is 2.68. The van der Waals surface area contributed by atoms with Crippen molar-refractivity contribution in [2.24, 2.45) is 0 Å². The molecule has 2 aromatic rings. The number of aryl methyl sites for hydroxylation is 1. The highest BCUT2D eigenvalue weighted by molar-refractivity contribution is 9.10. The predicted octanol–water partition coefficient (Wildman–Crippen LogP) is 4.08. The van der Waals surface area contributed by atoms with Gasteiger partial charge in [0.1, 0.15) is 5.75 Å². The number of phenols is 1. The van der Waals surface area contributed by atoms with Crippen LogP contribution in [0.4, 0.5) is 5.69 Å². The van der Waals surface area contributed by atoms with Crippen LogP contribution >= 0.6 is 15.9 Å². The van der Waals surface area contributed by atoms with E-state index >= 15 is 0 Å². The van der Waals surface area contributed by atoms with Gasteiger partial charge >= 0.3 is 0 Å². The molecule has 0 aliphatic carbocycles. The molecule has 0 heterocycles. The maximum absolute atomic E-state index is 9.71. The van der Waals surface area contributed by atoms with Crippen LogP contribution in [-0.4, -0.2) is 5.11 Å². The van der Waals surface area contributed by atoms with Gasteiger partial charge in [0.15, 0.2) is 0 Å². The van der Waals surface area contributed by atoms with Crippen molar-refractivity contribution < 1.29 is 5.11 Å². The maximum atomic E-state index is 9.71. The molecule has 0 saturated heterocycles. The van der Waals surface area contributed by atoms with Crippen molar-refractivity contribution in [3.63, 3.8) is 0 Å². The first-order valence-corrected chi connectivity index (χ1v) is 6.23. The number of benzene rings is 2. The third-order valence-corrected chi connectivity index (χ3v) is 3.35. The van der Waals surface area contributed by atoms with E-state index in [2.05, 4.69) is 21.2 Å². The fraction of sp³-hybridized carbons (Fsp3) is 0.143. The normalized spacial score (nSPS) is 10.2. The Balaban J connectivity index is 2.12. The molecule has 0 radical (unpaired) electrons. The van der Waals surface area contributed by atoms with E-state index in [0.29, 0.717) is 6.54 Å². The first-order valence-electron chi connectivity index (χ1n) is 5.44. The Hall–Kier alpha value is -1.48. The molecule has 2 N–H and O–H groups in total. The zero-order valence-corrected chi connectivity index (χ0v) is 11.2. The summed E-state index contributed by atoms with van der Waals surface area (Å²) in [5.74, 6) is 0.280. The van der Waals surface area contributed by atoms with Crippen LogP contribution in [0.5, 0.6) is 5.75 Å². The molecule has 0 unspecified atom stereocenters. The van der Waals surface area contributed by atoms with Crippen LogP contribution in [0.1, 0.15) is 11.1 Å². The van der Waals surface area contributed by atoms with E-state index in [4.69, 9.17) is 0 Å². The molecule has 0 amide bonds. The SMILES string of the molecule is Cc1ccc(O)c(NCc2ccccc2Br)c1. The van der Waals surface area contributed by atoms with E-state index in [1.807, 2.05) is 43.3 Å². The second-order valence-electron chi connectivity index (χ2n) is 3.97. The van der Waals surface area contributed by atoms with E-state index < -0.39 is 0 Å². The Bertz CT molecular complexity index is 525. The average molecular weight is 292 g/mol. The summed E-state index contributed by atoms with van der Waals surface area (Å²) in [6, 6.07) is 13.6. The van der Waals surface area contributed by atoms with Crippen molar-refractivity contribution >= 4 is 21.6 Å². The zero-order chi connectivity index (χ0) is 12.3. The molecule has 17 heavy (non-hydrogen) atoms. The minimum absolute atomic E-state index is 0.280. The van der Waals surface area contributed by atoms with Crippen molar-refractivity contribution in [3.8, 4) is 5.75 Å². The quantitative estimate of drug-likeness (QED) is 0.836. The summed E-state index contributed by atoms with van der Waals surface area (Å²) in [6.07, 6.45) is 0. The van der Waals surface area contributed by atoms with Crippen LogP contribution in [-0.2, 0) is 6.54 Å². The molecule has 0 aliphatic heterocycles. The number of aromatic hydroxyl groups is 1. The standard InChI is InChI=1S/C14H14BrNO/c1-10-6-7-14(17)13(8-10)16-9-11-4-2-3-5-12(11)15/h2-8,16-17H,9H2,1H3. The summed E-state index contributed by atoms with van der Waals surface area (Å²) in [5, 5.41) is 12.9. The van der Waals surface area contributed by atoms with Crippen LogP contribution in [0.25, 0.3) is 0 Å². The molecule has 0 aliphatic rings. The topological polar surface area (TPSA) is 32.3 Å². The van der Waals surface area contributed by atoms with Crippen molar-refractivity contribution in [2.45, 2.75) is 13.5 Å². The third-order valence-electron chi connectivity index (χ3n) is 2.58. The zero-order valence-electron chi connectivity index (χ0n) is 9.57. The van der Waals surface area contributed by atoms with E-state index in [0.717, 1.165) is 21.3 Å². The second-order valence-corrected chi connectivity index (χ2v) is 4.82. The molecule has 3 heteroatoms. The van der Waals surface area contributed by atoms with Gasteiger partial charge in [-0.2, -0.15) is 0 Å². The molecule has 0 saturated carbocycles. The predicted molar refractivity (Wildman–Crippen MR) is 74.3 cm³/mol. The fourth-order valence-corrected chi connectivity index (χ4v) is 2.05. The van der Waals surface area contributed by atoms with Gasteiger partial charge in [-0.25, -0.2) is 0 Å². The van der Waals surface area contributed by atoms with Gasteiger partial charge in [0.25, 0.3) is 0 Å². The Morgan fingerprint density at radius 3 is 2.71 bits per heavy atom. The van der Waals surface area contributed by atoms with Gasteiger partial charge in [0.2, 0.25) is 0 Å². The van der Waals surface area contributed by atoms with E-state index in [1.54, 1.807) is 6.07 Å². The molecule has 0 bridgehead atoms. The van der Waals surface area contributed by atoms with Gasteiger partial charge in [-0.3, -0.25) is 0 Å². The highest BCUT2D eigenvalue weighted by Gasteiger charge is 2.02. The molecular formula is C14H14BrNO. The minimum atomic E-state index is 0.280. The number of halogens is 1. The molecule has 88 valence electrons. The van der Waals surface area contributed by atoms with Crippen molar-refractivity contribution in [1.82, 2.24) is 0 Å². The van der Waals surface area contributed by atoms with Gasteiger partial charge in [-0.1, -0.05) is 40.2 Å². The summed E-state index contributed by atoms with van der Waals surface area (Å²) in [4.78, 5) is 0. The first kappa shape index (κ1) is 12.0. The van der Waals surface area contributed by atoms with Gasteiger partial charge in [-0.15, -0.1) is 0 Å². The number of phenolic OH excluding ortho intramolecular Hbond substituents is 1. The van der Waals surface area contributed by atoms with Gasteiger partial charge in [0.05, 0.1) is 5.69 Å². The molecule has 2 nitrogen and oxygen atoms in total. The molecule has 0 fully saturated rings. The summed E-state index contributed by atoms with van der Waals surface area (Å²) < 4.78 is 1.07. The number of nitrogens with one attached hydrogen (secondary N) is 1. The van der Waals surface area contributed by atoms with Crippen molar-refractivity contribution in [1.29, 1.82) is 0 Å². The second kappa shape index (κ2) is 5.23. The smallest absolute Gasteiger partial charge is 0.138 e. The highest BCUT2D eigenvalue weighted by atomic mass is 79.9. The van der Waals surface area contributed by atoms with Crippen LogP contribution in [0, 0.1) is 6.92 Å². The molecule has 0 aromatic heterocycles. The van der Waals surface area contributed by atoms with Crippen LogP contribution in [0.3, 0.4) is 0 Å². The fourth-order valence-electron chi connectivity index (χ4n) is 1.62. The lowest BCUT2D eigenvalue weighted by Gasteiger charge is -2.10. The van der Waals surface area contributed by atoms with Crippen molar-refractivity contribution in [2.75, 3.05) is 5.32 Å². The Kier molecular flexibility index (Phi) is 3.69. The Morgan fingerprint density at radius 1 is 1.18 bits per heavy atom. The van der Waals surface area contributed by atoms with Crippen LogP contribution < -0.4 is 5.32 Å². The minimum Gasteiger partial charge on any atom is -0.506 e. The lowest BCUT2D eigenvalue weighted by Crippen LogP contribution is -2.00. The van der Waals surface area contributed by atoms with Crippen molar-refractivity contribution in [3.05, 3.63) is 58.1 Å². The molecular weight excluding hydrogens is 278 g/mol. The van der Waals surface area contributed by atoms with Crippen LogP contribution in [0.2, 0.25) is 0 Å². The monoisotopic (exact) mass is 291 g/mol. The Morgan fingerprint density at radius 2 is 1.94 bits per heavy atom. The summed E-state index contributed by atoms with van der Waals surface area (Å²) in [7, 11) is 0. The van der Waals surface area contributed by atoms with Gasteiger partial charge in [0, 0.05) is 11.0 Å². The van der Waals surface area contributed by atoms with E-state index in [-0.39, 0.29) is 5.75 Å². The first-order chi connectivity index (χ1) is 8.16. The van der Waals surface area contributed by atoms with E-state index in [9.17, 15) is 5.11 Å². The number of hydrogen-bond donors (Lipinski definition) is 2. The van der Waals surface area contributed by atoms with Gasteiger partial charge < -0.3 is 10.4 Å². The third kappa shape index (κ3) is 3.01. The van der Waals surface area contributed by atoms with Crippen LogP contribution in [0.15, 0.2) is 46.9 Å². The average Bonchev–Trinajstić information content (AvgIpc) is 2.32. The number of anilines is 1. The number of hydrogen-bond acceptors (Lipinski definition) is 2. The lowest BCUT2D eigenvalue weighted by atomic mass is 10.2. The summed E-state index contributed by atoms with van der Waals surface area (Å²) in [5.41, 5.74) is 3.05. The Labute approximate surface area is 109 Å².